The fourth-order valence-electron chi connectivity index (χ4n) is 2.74. The van der Waals surface area contributed by atoms with Crippen LogP contribution in [0.15, 0.2) is 42.7 Å². The topological polar surface area (TPSA) is 65.4 Å². The lowest BCUT2D eigenvalue weighted by Crippen LogP contribution is -2.14. The number of nitrogens with one attached hydrogen (secondary N) is 1. The van der Waals surface area contributed by atoms with Gasteiger partial charge in [0.05, 0.1) is 31.6 Å². The van der Waals surface area contributed by atoms with Gasteiger partial charge in [-0.1, -0.05) is 0 Å². The van der Waals surface area contributed by atoms with E-state index in [-0.39, 0.29) is 36.1 Å². The highest BCUT2D eigenvalue weighted by Gasteiger charge is 2.22. The van der Waals surface area contributed by atoms with Crippen molar-refractivity contribution in [2.75, 3.05) is 19.0 Å². The van der Waals surface area contributed by atoms with Crippen LogP contribution in [0.3, 0.4) is 0 Å². The predicted molar refractivity (Wildman–Crippen MR) is 99.7 cm³/mol. The molecule has 0 atom stereocenters. The summed E-state index contributed by atoms with van der Waals surface area (Å²) < 4.78 is 52.2. The van der Waals surface area contributed by atoms with Gasteiger partial charge in [-0.05, 0) is 31.2 Å². The second-order valence-electron chi connectivity index (χ2n) is 5.93. The molecule has 0 saturated carbocycles. The van der Waals surface area contributed by atoms with Crippen molar-refractivity contribution in [3.8, 4) is 11.4 Å². The van der Waals surface area contributed by atoms with E-state index in [1.807, 2.05) is 0 Å². The Hall–Kier alpha value is -3.49. The lowest BCUT2D eigenvalue weighted by molar-refractivity contribution is 0.0518. The SMILES string of the molecule is CCOC(=O)c1ncn(-c2cc(F)c(F)cc2OC)c1CNc1ccc(F)cc1. The number of halogens is 3. The molecule has 1 N–H and O–H groups in total. The monoisotopic (exact) mass is 405 g/mol. The zero-order valence-electron chi connectivity index (χ0n) is 15.7. The molecule has 0 bridgehead atoms. The molecular weight excluding hydrogens is 387 g/mol. The first kappa shape index (κ1) is 20.2. The average molecular weight is 405 g/mol. The van der Waals surface area contributed by atoms with Crippen LogP contribution in [0.4, 0.5) is 18.9 Å². The van der Waals surface area contributed by atoms with Crippen molar-refractivity contribution in [3.05, 3.63) is 71.6 Å². The molecule has 6 nitrogen and oxygen atoms in total. The van der Waals surface area contributed by atoms with Crippen LogP contribution in [-0.2, 0) is 11.3 Å². The van der Waals surface area contributed by atoms with Crippen molar-refractivity contribution in [2.45, 2.75) is 13.5 Å². The Morgan fingerprint density at radius 2 is 1.83 bits per heavy atom. The van der Waals surface area contributed by atoms with Crippen molar-refractivity contribution in [1.82, 2.24) is 9.55 Å². The third kappa shape index (κ3) is 4.34. The van der Waals surface area contributed by atoms with E-state index in [9.17, 15) is 18.0 Å². The first-order chi connectivity index (χ1) is 13.9. The van der Waals surface area contributed by atoms with E-state index in [2.05, 4.69) is 10.3 Å². The van der Waals surface area contributed by atoms with Gasteiger partial charge in [-0.15, -0.1) is 0 Å². The number of aromatic nitrogens is 2. The Morgan fingerprint density at radius 1 is 1.14 bits per heavy atom. The van der Waals surface area contributed by atoms with E-state index in [1.54, 1.807) is 6.92 Å². The number of anilines is 1. The molecule has 0 radical (unpaired) electrons. The van der Waals surface area contributed by atoms with E-state index in [0.717, 1.165) is 12.1 Å². The molecule has 1 aromatic heterocycles. The van der Waals surface area contributed by atoms with Gasteiger partial charge in [0.2, 0.25) is 0 Å². The maximum atomic E-state index is 13.9. The fraction of sp³-hybridized carbons (Fsp3) is 0.200. The van der Waals surface area contributed by atoms with Gasteiger partial charge in [-0.25, -0.2) is 22.9 Å². The van der Waals surface area contributed by atoms with Crippen LogP contribution >= 0.6 is 0 Å². The molecule has 0 unspecified atom stereocenters. The number of ether oxygens (including phenoxy) is 2. The smallest absolute Gasteiger partial charge is 0.358 e. The molecule has 152 valence electrons. The molecule has 0 aliphatic carbocycles. The minimum absolute atomic E-state index is 0.00764. The summed E-state index contributed by atoms with van der Waals surface area (Å²) in [6.45, 7) is 1.87. The highest BCUT2D eigenvalue weighted by atomic mass is 19.2. The Balaban J connectivity index is 2.04. The van der Waals surface area contributed by atoms with Crippen molar-refractivity contribution >= 4 is 11.7 Å². The third-order valence-corrected chi connectivity index (χ3v) is 4.12. The lowest BCUT2D eigenvalue weighted by atomic mass is 10.2. The van der Waals surface area contributed by atoms with E-state index >= 15 is 0 Å². The summed E-state index contributed by atoms with van der Waals surface area (Å²) in [4.78, 5) is 16.4. The molecule has 29 heavy (non-hydrogen) atoms. The van der Waals surface area contributed by atoms with Crippen LogP contribution in [0.5, 0.6) is 5.75 Å². The van der Waals surface area contributed by atoms with Crippen molar-refractivity contribution in [2.24, 2.45) is 0 Å². The number of methoxy groups -OCH3 is 1. The Morgan fingerprint density at radius 3 is 2.48 bits per heavy atom. The molecule has 0 spiro atoms. The largest absolute Gasteiger partial charge is 0.494 e. The highest BCUT2D eigenvalue weighted by molar-refractivity contribution is 5.89. The number of hydrogen-bond donors (Lipinski definition) is 1. The first-order valence-corrected chi connectivity index (χ1v) is 8.70. The Bertz CT molecular complexity index is 1020. The number of imidazole rings is 1. The van der Waals surface area contributed by atoms with E-state index in [4.69, 9.17) is 9.47 Å². The van der Waals surface area contributed by atoms with Gasteiger partial charge in [0, 0.05) is 17.8 Å². The van der Waals surface area contributed by atoms with E-state index < -0.39 is 17.6 Å². The standard InChI is InChI=1S/C20H18F3N3O3/c1-3-29-20(27)19-17(10-24-13-6-4-12(21)5-7-13)26(11-25-19)16-8-14(22)15(23)9-18(16)28-2/h4-9,11,24H,3,10H2,1-2H3. The maximum Gasteiger partial charge on any atom is 0.358 e. The summed E-state index contributed by atoms with van der Waals surface area (Å²) in [5, 5.41) is 3.04. The number of rotatable bonds is 7. The molecular formula is C20H18F3N3O3. The Labute approximate surface area is 164 Å². The van der Waals surface area contributed by atoms with Gasteiger partial charge >= 0.3 is 5.97 Å². The minimum Gasteiger partial charge on any atom is -0.494 e. The van der Waals surface area contributed by atoms with E-state index in [0.29, 0.717) is 11.4 Å². The predicted octanol–water partition coefficient (Wildman–Crippen LogP) is 4.09. The van der Waals surface area contributed by atoms with Crippen LogP contribution < -0.4 is 10.1 Å². The summed E-state index contributed by atoms with van der Waals surface area (Å²) >= 11 is 0. The molecule has 0 aliphatic heterocycles. The second kappa shape index (κ2) is 8.68. The van der Waals surface area contributed by atoms with Gasteiger partial charge < -0.3 is 14.8 Å². The van der Waals surface area contributed by atoms with E-state index in [1.165, 1.54) is 42.3 Å². The molecule has 2 aromatic carbocycles. The number of hydrogen-bond acceptors (Lipinski definition) is 5. The molecule has 1 heterocycles. The number of nitrogens with zero attached hydrogens (tertiary/aromatic N) is 2. The molecule has 9 heteroatoms. The zero-order chi connectivity index (χ0) is 21.0. The number of carbonyl (C=O) groups excluding carboxylic acids is 1. The molecule has 0 fully saturated rings. The van der Waals surface area contributed by atoms with Crippen LogP contribution in [0.25, 0.3) is 5.69 Å². The van der Waals surface area contributed by atoms with Gasteiger partial charge in [0.15, 0.2) is 17.3 Å². The number of benzene rings is 2. The molecule has 0 saturated heterocycles. The second-order valence-corrected chi connectivity index (χ2v) is 5.93. The van der Waals surface area contributed by atoms with Gasteiger partial charge in [-0.3, -0.25) is 4.57 Å². The van der Waals surface area contributed by atoms with Crippen molar-refractivity contribution < 1.29 is 27.4 Å². The highest BCUT2D eigenvalue weighted by Crippen LogP contribution is 2.28. The summed E-state index contributed by atoms with van der Waals surface area (Å²) in [5.41, 5.74) is 1.09. The number of esters is 1. The van der Waals surface area contributed by atoms with Crippen LogP contribution in [0.1, 0.15) is 23.1 Å². The van der Waals surface area contributed by atoms with Crippen molar-refractivity contribution in [3.63, 3.8) is 0 Å². The first-order valence-electron chi connectivity index (χ1n) is 8.70. The molecule has 0 amide bonds. The quantitative estimate of drug-likeness (QED) is 0.600. The van der Waals surface area contributed by atoms with Gasteiger partial charge in [-0.2, -0.15) is 0 Å². The van der Waals surface area contributed by atoms with Crippen LogP contribution in [0, 0.1) is 17.5 Å². The summed E-state index contributed by atoms with van der Waals surface area (Å²) in [7, 11) is 1.32. The molecule has 3 rings (SSSR count). The zero-order valence-corrected chi connectivity index (χ0v) is 15.7. The van der Waals surface area contributed by atoms with Crippen molar-refractivity contribution in [1.29, 1.82) is 0 Å². The molecule has 3 aromatic rings. The minimum atomic E-state index is -1.08. The maximum absolute atomic E-state index is 13.9. The van der Waals surface area contributed by atoms with Gasteiger partial charge in [0.25, 0.3) is 0 Å². The third-order valence-electron chi connectivity index (χ3n) is 4.12. The molecule has 0 aliphatic rings. The van der Waals surface area contributed by atoms with Gasteiger partial charge in [0.1, 0.15) is 17.9 Å². The summed E-state index contributed by atoms with van der Waals surface area (Å²) in [5.74, 6) is -3.14. The average Bonchev–Trinajstić information content (AvgIpc) is 3.13. The summed E-state index contributed by atoms with van der Waals surface area (Å²) in [6.07, 6.45) is 1.29. The summed E-state index contributed by atoms with van der Waals surface area (Å²) in [6, 6.07) is 7.48. The number of carbonyl (C=O) groups is 1. The Kier molecular flexibility index (Phi) is 6.06. The van der Waals surface area contributed by atoms with Crippen LogP contribution in [-0.4, -0.2) is 29.2 Å². The van der Waals surface area contributed by atoms with Crippen LogP contribution in [0.2, 0.25) is 0 Å². The fourth-order valence-corrected chi connectivity index (χ4v) is 2.74. The normalized spacial score (nSPS) is 10.7. The lowest BCUT2D eigenvalue weighted by Gasteiger charge is -2.15.